The third-order valence-corrected chi connectivity index (χ3v) is 4.91. The number of hydrogen-bond acceptors (Lipinski definition) is 5. The molecule has 0 saturated carbocycles. The van der Waals surface area contributed by atoms with E-state index in [1.165, 1.54) is 16.2 Å². The molecule has 0 aliphatic rings. The van der Waals surface area contributed by atoms with Gasteiger partial charge in [0.15, 0.2) is 5.15 Å². The maximum Gasteiger partial charge on any atom is 0.229 e. The lowest BCUT2D eigenvalue weighted by molar-refractivity contribution is -0.118. The Morgan fingerprint density at radius 1 is 1.59 bits per heavy atom. The van der Waals surface area contributed by atoms with Crippen molar-refractivity contribution in [2.24, 2.45) is 0 Å². The largest absolute Gasteiger partial charge is 0.289 e. The highest BCUT2D eigenvalue weighted by Gasteiger charge is 2.21. The number of nitrogens with zero attached hydrogens (tertiary/aromatic N) is 3. The zero-order valence-corrected chi connectivity index (χ0v) is 14.3. The smallest absolute Gasteiger partial charge is 0.229 e. The molecule has 0 spiro atoms. The summed E-state index contributed by atoms with van der Waals surface area (Å²) in [6, 6.07) is 3.72. The molecule has 0 N–H and O–H groups in total. The lowest BCUT2D eigenvalue weighted by Crippen LogP contribution is -2.31. The lowest BCUT2D eigenvalue weighted by atomic mass is 10.3. The molecule has 0 unspecified atom stereocenters. The van der Waals surface area contributed by atoms with Crippen molar-refractivity contribution in [2.45, 2.75) is 6.42 Å². The number of thiazole rings is 1. The van der Waals surface area contributed by atoms with Crippen molar-refractivity contribution in [2.75, 3.05) is 23.5 Å². The van der Waals surface area contributed by atoms with E-state index in [1.54, 1.807) is 24.2 Å². The zero-order valence-electron chi connectivity index (χ0n) is 12.0. The topological polar surface area (TPSA) is 46.1 Å². The quantitative estimate of drug-likeness (QED) is 0.746. The van der Waals surface area contributed by atoms with Crippen molar-refractivity contribution >= 4 is 45.6 Å². The molecule has 0 bridgehead atoms. The van der Waals surface area contributed by atoms with Gasteiger partial charge in [-0.2, -0.15) is 11.8 Å². The van der Waals surface area contributed by atoms with Crippen LogP contribution in [-0.2, 0) is 4.79 Å². The molecule has 0 fully saturated rings. The number of pyridine rings is 1. The average Bonchev–Trinajstić information content (AvgIpc) is 2.93. The van der Waals surface area contributed by atoms with Crippen LogP contribution in [0.4, 0.5) is 5.00 Å². The fraction of sp³-hybridized carbons (Fsp3) is 0.267. The number of terminal acetylenes is 1. The molecule has 0 radical (unpaired) electrons. The van der Waals surface area contributed by atoms with Crippen molar-refractivity contribution < 1.29 is 4.79 Å². The molecule has 2 aromatic rings. The van der Waals surface area contributed by atoms with Gasteiger partial charge in [0.1, 0.15) is 10.0 Å². The highest BCUT2D eigenvalue weighted by atomic mass is 35.5. The first-order valence-electron chi connectivity index (χ1n) is 6.47. The number of carbonyl (C=O) groups excluding carboxylic acids is 1. The van der Waals surface area contributed by atoms with Crippen molar-refractivity contribution in [1.29, 1.82) is 0 Å². The summed E-state index contributed by atoms with van der Waals surface area (Å²) in [5, 5.41) is 1.59. The van der Waals surface area contributed by atoms with Crippen molar-refractivity contribution in [3.63, 3.8) is 0 Å². The van der Waals surface area contributed by atoms with E-state index in [-0.39, 0.29) is 17.6 Å². The normalized spacial score (nSPS) is 10.2. The molecule has 114 valence electrons. The van der Waals surface area contributed by atoms with Crippen LogP contribution in [0.25, 0.3) is 10.6 Å². The molecule has 2 heterocycles. The van der Waals surface area contributed by atoms with Crippen LogP contribution < -0.4 is 4.90 Å². The number of amides is 1. The molecule has 0 aliphatic carbocycles. The number of carbonyl (C=O) groups is 1. The molecule has 2 aromatic heterocycles. The third kappa shape index (κ3) is 4.01. The fourth-order valence-electron chi connectivity index (χ4n) is 1.76. The van der Waals surface area contributed by atoms with Crippen LogP contribution in [0.3, 0.4) is 0 Å². The van der Waals surface area contributed by atoms with Crippen molar-refractivity contribution in [1.82, 2.24) is 9.97 Å². The molecule has 0 aliphatic heterocycles. The molecule has 0 saturated heterocycles. The van der Waals surface area contributed by atoms with E-state index in [2.05, 4.69) is 15.9 Å². The van der Waals surface area contributed by atoms with Crippen molar-refractivity contribution in [3.05, 3.63) is 29.7 Å². The SMILES string of the molecule is C#CCN(C(=O)CCSC)c1sc(-c2cccnc2)nc1Cl. The van der Waals surface area contributed by atoms with Crippen LogP contribution in [0, 0.1) is 12.3 Å². The predicted octanol–water partition coefficient (Wildman–Crippen LogP) is 3.58. The Labute approximate surface area is 142 Å². The van der Waals surface area contributed by atoms with Gasteiger partial charge in [-0.25, -0.2) is 4.98 Å². The summed E-state index contributed by atoms with van der Waals surface area (Å²) in [6.45, 7) is 0.182. The first-order valence-corrected chi connectivity index (χ1v) is 9.05. The molecule has 0 atom stereocenters. The van der Waals surface area contributed by atoms with Gasteiger partial charge >= 0.3 is 0 Å². The number of thioether (sulfide) groups is 1. The average molecular weight is 352 g/mol. The van der Waals surface area contributed by atoms with Gasteiger partial charge < -0.3 is 0 Å². The van der Waals surface area contributed by atoms with Gasteiger partial charge in [0.05, 0.1) is 6.54 Å². The number of aromatic nitrogens is 2. The molecule has 7 heteroatoms. The van der Waals surface area contributed by atoms with Gasteiger partial charge in [-0.1, -0.05) is 28.9 Å². The van der Waals surface area contributed by atoms with Crippen LogP contribution in [-0.4, -0.2) is 34.4 Å². The first kappa shape index (κ1) is 16.8. The molecule has 4 nitrogen and oxygen atoms in total. The first-order chi connectivity index (χ1) is 10.7. The summed E-state index contributed by atoms with van der Waals surface area (Å²) < 4.78 is 0. The van der Waals surface area contributed by atoms with Crippen LogP contribution in [0.1, 0.15) is 6.42 Å². The molecule has 22 heavy (non-hydrogen) atoms. The Morgan fingerprint density at radius 2 is 2.41 bits per heavy atom. The van der Waals surface area contributed by atoms with Crippen LogP contribution >= 0.6 is 34.7 Å². The highest BCUT2D eigenvalue weighted by Crippen LogP contribution is 2.37. The Balaban J connectivity index is 2.31. The Kier molecular flexibility index (Phi) is 6.25. The zero-order chi connectivity index (χ0) is 15.9. The van der Waals surface area contributed by atoms with E-state index in [4.69, 9.17) is 18.0 Å². The minimum absolute atomic E-state index is 0.0458. The van der Waals surface area contributed by atoms with Gasteiger partial charge in [-0.3, -0.25) is 14.7 Å². The van der Waals surface area contributed by atoms with Crippen LogP contribution in [0.15, 0.2) is 24.5 Å². The summed E-state index contributed by atoms with van der Waals surface area (Å²) in [7, 11) is 0. The third-order valence-electron chi connectivity index (χ3n) is 2.79. The lowest BCUT2D eigenvalue weighted by Gasteiger charge is -2.18. The monoisotopic (exact) mass is 351 g/mol. The number of hydrogen-bond donors (Lipinski definition) is 0. The van der Waals surface area contributed by atoms with Gasteiger partial charge in [-0.05, 0) is 18.4 Å². The van der Waals surface area contributed by atoms with E-state index < -0.39 is 0 Å². The maximum absolute atomic E-state index is 12.3. The maximum atomic E-state index is 12.3. The van der Waals surface area contributed by atoms with E-state index in [0.29, 0.717) is 16.4 Å². The van der Waals surface area contributed by atoms with E-state index in [1.807, 2.05) is 18.4 Å². The summed E-state index contributed by atoms with van der Waals surface area (Å²) in [5.41, 5.74) is 0.859. The van der Waals surface area contributed by atoms with Crippen LogP contribution in [0.5, 0.6) is 0 Å². The van der Waals surface area contributed by atoms with E-state index in [9.17, 15) is 4.79 Å². The Bertz CT molecular complexity index is 682. The molecular weight excluding hydrogens is 338 g/mol. The van der Waals surface area contributed by atoms with E-state index in [0.717, 1.165) is 11.3 Å². The Hall–Kier alpha value is -1.55. The molecular formula is C15H14ClN3OS2. The second kappa shape index (κ2) is 8.18. The molecule has 0 aromatic carbocycles. The fourth-order valence-corrected chi connectivity index (χ4v) is 3.46. The minimum Gasteiger partial charge on any atom is -0.289 e. The van der Waals surface area contributed by atoms with Crippen molar-refractivity contribution in [3.8, 4) is 22.9 Å². The van der Waals surface area contributed by atoms with Crippen LogP contribution in [0.2, 0.25) is 5.15 Å². The minimum atomic E-state index is -0.0458. The summed E-state index contributed by atoms with van der Waals surface area (Å²) in [5.74, 6) is 3.20. The molecule has 1 amide bonds. The second-order valence-corrected chi connectivity index (χ2v) is 6.60. The highest BCUT2D eigenvalue weighted by molar-refractivity contribution is 7.98. The van der Waals surface area contributed by atoms with Gasteiger partial charge in [0.2, 0.25) is 5.91 Å². The Morgan fingerprint density at radius 3 is 3.05 bits per heavy atom. The van der Waals surface area contributed by atoms with Gasteiger partial charge in [-0.15, -0.1) is 6.42 Å². The van der Waals surface area contributed by atoms with Gasteiger partial charge in [0.25, 0.3) is 0 Å². The standard InChI is InChI=1S/C15H14ClN3OS2/c1-3-8-19(12(20)6-9-21-2)15-13(16)18-14(22-15)11-5-4-7-17-10-11/h1,4-5,7,10H,6,8-9H2,2H3. The van der Waals surface area contributed by atoms with Gasteiger partial charge in [0, 0.05) is 30.1 Å². The van der Waals surface area contributed by atoms with E-state index >= 15 is 0 Å². The summed E-state index contributed by atoms with van der Waals surface area (Å²) in [6.07, 6.45) is 11.2. The number of anilines is 1. The number of rotatable bonds is 6. The summed E-state index contributed by atoms with van der Waals surface area (Å²) in [4.78, 5) is 22.2. The summed E-state index contributed by atoms with van der Waals surface area (Å²) >= 11 is 9.17. The predicted molar refractivity (Wildman–Crippen MR) is 94.5 cm³/mol. The second-order valence-electron chi connectivity index (χ2n) is 4.28. The molecule has 2 rings (SSSR count). The number of halogens is 1.